The largest absolute Gasteiger partial charge is 0.438 e. The highest BCUT2D eigenvalue weighted by atomic mass is 35.5. The van der Waals surface area contributed by atoms with Gasteiger partial charge >= 0.3 is 0 Å². The fraction of sp³-hybridized carbons (Fsp3) is 0.160. The third-order valence-electron chi connectivity index (χ3n) is 5.70. The molecule has 0 bridgehead atoms. The highest BCUT2D eigenvalue weighted by Crippen LogP contribution is 2.41. The van der Waals surface area contributed by atoms with Gasteiger partial charge in [-0.3, -0.25) is 4.55 Å². The van der Waals surface area contributed by atoms with Gasteiger partial charge in [-0.2, -0.15) is 13.0 Å². The number of nitrogens with zero attached hydrogens (tertiary/aromatic N) is 2. The predicted octanol–water partition coefficient (Wildman–Crippen LogP) is 5.61. The second kappa shape index (κ2) is 9.03. The fourth-order valence-corrected chi connectivity index (χ4v) is 5.78. The van der Waals surface area contributed by atoms with Gasteiger partial charge in [0, 0.05) is 24.6 Å². The minimum atomic E-state index is -4.03. The number of aromatic nitrogens is 1. The number of fused-ring (bicyclic) bond motifs is 2. The van der Waals surface area contributed by atoms with Gasteiger partial charge in [0.2, 0.25) is 11.4 Å². The van der Waals surface area contributed by atoms with Crippen molar-refractivity contribution in [1.82, 2.24) is 0 Å². The van der Waals surface area contributed by atoms with Gasteiger partial charge < -0.3 is 9.64 Å². The van der Waals surface area contributed by atoms with Crippen LogP contribution in [0, 0.1) is 0 Å². The van der Waals surface area contributed by atoms with Gasteiger partial charge in [0.25, 0.3) is 15.1 Å². The van der Waals surface area contributed by atoms with Crippen molar-refractivity contribution >= 4 is 55.0 Å². The fourth-order valence-electron chi connectivity index (χ4n) is 4.03. The van der Waals surface area contributed by atoms with Gasteiger partial charge in [0.1, 0.15) is 4.70 Å². The van der Waals surface area contributed by atoms with Crippen LogP contribution in [0.3, 0.4) is 0 Å². The number of ether oxygens (including phenoxy) is 1. The molecule has 1 N–H and O–H groups in total. The Bertz CT molecular complexity index is 1510. The van der Waals surface area contributed by atoms with Gasteiger partial charge in [-0.15, -0.1) is 0 Å². The summed E-state index contributed by atoms with van der Waals surface area (Å²) in [4.78, 5) is 2.00. The number of thiazole rings is 1. The van der Waals surface area contributed by atoms with Crippen LogP contribution in [0.5, 0.6) is 5.75 Å². The lowest BCUT2D eigenvalue weighted by Crippen LogP contribution is -2.36. The Morgan fingerprint density at radius 2 is 1.88 bits per heavy atom. The van der Waals surface area contributed by atoms with E-state index in [9.17, 15) is 8.42 Å². The van der Waals surface area contributed by atoms with E-state index in [2.05, 4.69) is 18.2 Å². The van der Waals surface area contributed by atoms with Crippen LogP contribution in [0.1, 0.15) is 11.4 Å². The average molecular weight is 514 g/mol. The maximum atomic E-state index is 11.2. The molecular formula is C25H22ClN2O4S2+. The molecule has 0 fully saturated rings. The Labute approximate surface area is 207 Å². The number of hydrogen-bond acceptors (Lipinski definition) is 5. The second-order valence-corrected chi connectivity index (χ2v) is 11.1. The summed E-state index contributed by atoms with van der Waals surface area (Å²) < 4.78 is 40.8. The van der Waals surface area contributed by atoms with Gasteiger partial charge in [0.15, 0.2) is 12.3 Å². The minimum Gasteiger partial charge on any atom is -0.438 e. The molecule has 0 aliphatic carbocycles. The molecular weight excluding hydrogens is 492 g/mol. The summed E-state index contributed by atoms with van der Waals surface area (Å²) in [5, 5.41) is 1.49. The van der Waals surface area contributed by atoms with E-state index in [-0.39, 0.29) is 12.2 Å². The minimum absolute atomic E-state index is 0.273. The van der Waals surface area contributed by atoms with Crippen molar-refractivity contribution in [2.45, 2.75) is 13.0 Å². The molecule has 5 rings (SSSR count). The molecule has 3 aromatic carbocycles. The third-order valence-corrected chi connectivity index (χ3v) is 7.85. The molecule has 0 radical (unpaired) electrons. The molecule has 0 saturated heterocycles. The Balaban J connectivity index is 1.50. The molecule has 6 nitrogen and oxygen atoms in total. The zero-order valence-electron chi connectivity index (χ0n) is 18.3. The number of rotatable bonds is 6. The van der Waals surface area contributed by atoms with E-state index in [1.165, 1.54) is 0 Å². The molecule has 0 spiro atoms. The first-order chi connectivity index (χ1) is 16.3. The number of hydrogen-bond donors (Lipinski definition) is 1. The Morgan fingerprint density at radius 1 is 1.09 bits per heavy atom. The standard InChI is InChI=1S/C25H21ClN2O4S2/c1-27-20-14-18(17-6-3-2-4-7-17)8-10-22(20)32-24(27)16-25-28(12-5-13-34(29,30)31)21-15-19(26)9-11-23(21)33-25/h2-4,6-11,14-16H,5,12-13H2,1H3/p+1. The monoisotopic (exact) mass is 513 g/mol. The van der Waals surface area contributed by atoms with Crippen LogP contribution in [0.2, 0.25) is 5.02 Å². The lowest BCUT2D eigenvalue weighted by atomic mass is 10.0. The van der Waals surface area contributed by atoms with E-state index in [0.717, 1.165) is 37.8 Å². The molecule has 4 aromatic rings. The van der Waals surface area contributed by atoms with Crippen molar-refractivity contribution < 1.29 is 22.3 Å². The van der Waals surface area contributed by atoms with Crippen molar-refractivity contribution in [3.63, 3.8) is 0 Å². The van der Waals surface area contributed by atoms with E-state index in [0.29, 0.717) is 17.5 Å². The maximum absolute atomic E-state index is 11.2. The molecule has 2 heterocycles. The Hall–Kier alpha value is -2.91. The number of anilines is 1. The highest BCUT2D eigenvalue weighted by Gasteiger charge is 2.27. The zero-order chi connectivity index (χ0) is 23.9. The van der Waals surface area contributed by atoms with Crippen LogP contribution in [0.15, 0.2) is 72.6 Å². The molecule has 1 aliphatic heterocycles. The lowest BCUT2D eigenvalue weighted by Gasteiger charge is -2.11. The summed E-state index contributed by atoms with van der Waals surface area (Å²) in [6.07, 6.45) is 2.23. The van der Waals surface area contributed by atoms with E-state index >= 15 is 0 Å². The van der Waals surface area contributed by atoms with Crippen LogP contribution in [-0.4, -0.2) is 25.8 Å². The number of benzene rings is 3. The number of aryl methyl sites for hydroxylation is 1. The Kier molecular flexibility index (Phi) is 6.07. The summed E-state index contributed by atoms with van der Waals surface area (Å²) in [6.45, 7) is 0.411. The second-order valence-electron chi connectivity index (χ2n) is 8.04. The molecule has 0 unspecified atom stereocenters. The van der Waals surface area contributed by atoms with Gasteiger partial charge in [-0.25, -0.2) is 0 Å². The average Bonchev–Trinajstić information content (AvgIpc) is 3.30. The molecule has 174 valence electrons. The molecule has 0 amide bonds. The van der Waals surface area contributed by atoms with Crippen LogP contribution >= 0.6 is 22.9 Å². The first-order valence-corrected chi connectivity index (χ1v) is 13.5. The summed E-state index contributed by atoms with van der Waals surface area (Å²) in [5.41, 5.74) is 4.11. The molecule has 9 heteroatoms. The van der Waals surface area contributed by atoms with E-state index < -0.39 is 10.1 Å². The smallest absolute Gasteiger partial charge is 0.268 e. The van der Waals surface area contributed by atoms with E-state index in [1.807, 2.05) is 71.1 Å². The first-order valence-electron chi connectivity index (χ1n) is 10.7. The van der Waals surface area contributed by atoms with Gasteiger partial charge in [0.05, 0.1) is 17.5 Å². The first kappa shape index (κ1) is 22.9. The quantitative estimate of drug-likeness (QED) is 0.268. The van der Waals surface area contributed by atoms with Crippen LogP contribution < -0.4 is 14.2 Å². The van der Waals surface area contributed by atoms with Crippen molar-refractivity contribution in [1.29, 1.82) is 0 Å². The predicted molar refractivity (Wildman–Crippen MR) is 137 cm³/mol. The third kappa shape index (κ3) is 4.67. The van der Waals surface area contributed by atoms with Gasteiger partial charge in [-0.1, -0.05) is 59.3 Å². The summed E-state index contributed by atoms with van der Waals surface area (Å²) in [5.74, 6) is 1.13. The Morgan fingerprint density at radius 3 is 2.65 bits per heavy atom. The van der Waals surface area contributed by atoms with Crippen molar-refractivity contribution in [2.75, 3.05) is 17.7 Å². The van der Waals surface area contributed by atoms with Crippen molar-refractivity contribution in [3.05, 3.63) is 82.6 Å². The molecule has 0 saturated carbocycles. The molecule has 34 heavy (non-hydrogen) atoms. The number of halogens is 1. The van der Waals surface area contributed by atoms with Crippen LogP contribution in [-0.2, 0) is 16.7 Å². The zero-order valence-corrected chi connectivity index (χ0v) is 20.7. The van der Waals surface area contributed by atoms with Gasteiger partial charge in [-0.05, 0) is 35.4 Å². The molecule has 1 aromatic heterocycles. The highest BCUT2D eigenvalue weighted by molar-refractivity contribution is 7.85. The lowest BCUT2D eigenvalue weighted by molar-refractivity contribution is -0.668. The summed E-state index contributed by atoms with van der Waals surface area (Å²) in [6, 6.07) is 21.9. The summed E-state index contributed by atoms with van der Waals surface area (Å²) in [7, 11) is -2.07. The van der Waals surface area contributed by atoms with Crippen molar-refractivity contribution in [3.8, 4) is 16.9 Å². The normalized spacial score (nSPS) is 14.6. The summed E-state index contributed by atoms with van der Waals surface area (Å²) >= 11 is 7.80. The van der Waals surface area contributed by atoms with Crippen LogP contribution in [0.4, 0.5) is 5.69 Å². The maximum Gasteiger partial charge on any atom is 0.268 e. The molecule has 1 aliphatic rings. The van der Waals surface area contributed by atoms with Crippen LogP contribution in [0.25, 0.3) is 27.4 Å². The molecule has 0 atom stereocenters. The SMILES string of the molecule is CN1/C(=C/c2sc3ccc(Cl)cc3[n+]2CCCS(=O)(=O)O)Oc2ccc(-c3ccccc3)cc21. The van der Waals surface area contributed by atoms with E-state index in [1.54, 1.807) is 11.3 Å². The topological polar surface area (TPSA) is 70.7 Å². The van der Waals surface area contributed by atoms with E-state index in [4.69, 9.17) is 20.9 Å². The van der Waals surface area contributed by atoms with Crippen molar-refractivity contribution in [2.24, 2.45) is 0 Å².